The van der Waals surface area contributed by atoms with E-state index in [0.29, 0.717) is 11.8 Å². The molecule has 1 saturated heterocycles. The van der Waals surface area contributed by atoms with E-state index < -0.39 is 11.9 Å². The lowest BCUT2D eigenvalue weighted by Crippen LogP contribution is -2.23. The lowest BCUT2D eigenvalue weighted by atomic mass is 9.86. The number of nitrogens with zero attached hydrogens (tertiary/aromatic N) is 3. The minimum Gasteiger partial charge on any atom is -0.340 e. The second-order valence-electron chi connectivity index (χ2n) is 5.11. The average Bonchev–Trinajstić information content (AvgIpc) is 2.81. The molecule has 102 valence electrons. The van der Waals surface area contributed by atoms with Crippen molar-refractivity contribution >= 4 is 5.95 Å². The molecule has 3 nitrogen and oxygen atoms in total. The fourth-order valence-corrected chi connectivity index (χ4v) is 2.84. The van der Waals surface area contributed by atoms with E-state index in [1.54, 1.807) is 0 Å². The predicted molar refractivity (Wildman–Crippen MR) is 64.6 cm³/mol. The lowest BCUT2D eigenvalue weighted by Gasteiger charge is -2.17. The highest BCUT2D eigenvalue weighted by atomic mass is 19.4. The predicted octanol–water partition coefficient (Wildman–Crippen LogP) is 2.90. The number of aromatic nitrogens is 2. The standard InChI is InChI=1S/C13H14F3N3/c14-13(15,16)11-5-6-17-12(18-11)19-7-9-3-1-2-4-10(9)8-19/h1-2,5-6,9-10H,3-4,7-8H2. The van der Waals surface area contributed by atoms with Gasteiger partial charge in [-0.2, -0.15) is 13.2 Å². The van der Waals surface area contributed by atoms with Crippen LogP contribution in [0.4, 0.5) is 19.1 Å². The van der Waals surface area contributed by atoms with Crippen LogP contribution in [0.15, 0.2) is 24.4 Å². The smallest absolute Gasteiger partial charge is 0.340 e. The molecule has 6 heteroatoms. The summed E-state index contributed by atoms with van der Waals surface area (Å²) in [5, 5.41) is 0. The summed E-state index contributed by atoms with van der Waals surface area (Å²) in [6.45, 7) is 1.49. The van der Waals surface area contributed by atoms with Gasteiger partial charge >= 0.3 is 6.18 Å². The van der Waals surface area contributed by atoms with Crippen LogP contribution < -0.4 is 4.90 Å². The third kappa shape index (κ3) is 2.43. The molecule has 2 atom stereocenters. The number of halogens is 3. The SMILES string of the molecule is FC(F)(F)c1ccnc(N2CC3CC=CCC3C2)n1. The molecular weight excluding hydrogens is 255 g/mol. The Labute approximate surface area is 109 Å². The van der Waals surface area contributed by atoms with Gasteiger partial charge in [-0.15, -0.1) is 0 Å². The van der Waals surface area contributed by atoms with Gasteiger partial charge in [0.25, 0.3) is 0 Å². The minimum atomic E-state index is -4.41. The first-order valence-electron chi connectivity index (χ1n) is 6.34. The normalized spacial score (nSPS) is 26.6. The van der Waals surface area contributed by atoms with Crippen molar-refractivity contribution in [3.8, 4) is 0 Å². The molecule has 0 aromatic carbocycles. The Morgan fingerprint density at radius 3 is 2.32 bits per heavy atom. The van der Waals surface area contributed by atoms with Crippen LogP contribution in [0.3, 0.4) is 0 Å². The van der Waals surface area contributed by atoms with Crippen molar-refractivity contribution in [3.63, 3.8) is 0 Å². The topological polar surface area (TPSA) is 29.0 Å². The summed E-state index contributed by atoms with van der Waals surface area (Å²) in [4.78, 5) is 9.51. The van der Waals surface area contributed by atoms with E-state index in [1.165, 1.54) is 6.20 Å². The average molecular weight is 269 g/mol. The molecule has 2 heterocycles. The quantitative estimate of drug-likeness (QED) is 0.734. The van der Waals surface area contributed by atoms with Gasteiger partial charge in [0.15, 0.2) is 0 Å². The van der Waals surface area contributed by atoms with Crippen molar-refractivity contribution < 1.29 is 13.2 Å². The van der Waals surface area contributed by atoms with Crippen molar-refractivity contribution in [1.82, 2.24) is 9.97 Å². The molecule has 2 unspecified atom stereocenters. The van der Waals surface area contributed by atoms with Crippen LogP contribution in [-0.4, -0.2) is 23.1 Å². The summed E-state index contributed by atoms with van der Waals surface area (Å²) in [5.41, 5.74) is -0.870. The third-order valence-corrected chi connectivity index (χ3v) is 3.84. The lowest BCUT2D eigenvalue weighted by molar-refractivity contribution is -0.141. The Morgan fingerprint density at radius 1 is 1.11 bits per heavy atom. The third-order valence-electron chi connectivity index (χ3n) is 3.84. The zero-order chi connectivity index (χ0) is 13.5. The van der Waals surface area contributed by atoms with Crippen LogP contribution in [0.2, 0.25) is 0 Å². The molecule has 0 spiro atoms. The number of fused-ring (bicyclic) bond motifs is 1. The highest BCUT2D eigenvalue weighted by Crippen LogP contribution is 2.35. The van der Waals surface area contributed by atoms with Crippen LogP contribution in [-0.2, 0) is 6.18 Å². The monoisotopic (exact) mass is 269 g/mol. The van der Waals surface area contributed by atoms with E-state index in [-0.39, 0.29) is 5.95 Å². The maximum Gasteiger partial charge on any atom is 0.433 e. The van der Waals surface area contributed by atoms with Crippen LogP contribution in [0, 0.1) is 11.8 Å². The molecular formula is C13H14F3N3. The fourth-order valence-electron chi connectivity index (χ4n) is 2.84. The summed E-state index contributed by atoms with van der Waals surface area (Å²) in [6.07, 6.45) is 3.08. The van der Waals surface area contributed by atoms with E-state index in [2.05, 4.69) is 22.1 Å². The second kappa shape index (κ2) is 4.51. The summed E-state index contributed by atoms with van der Waals surface area (Å²) in [7, 11) is 0. The van der Waals surface area contributed by atoms with Crippen LogP contribution in [0.1, 0.15) is 18.5 Å². The molecule has 19 heavy (non-hydrogen) atoms. The van der Waals surface area contributed by atoms with Gasteiger partial charge < -0.3 is 4.90 Å². The number of rotatable bonds is 1. The first-order chi connectivity index (χ1) is 9.04. The first-order valence-corrected chi connectivity index (χ1v) is 6.34. The second-order valence-corrected chi connectivity index (χ2v) is 5.11. The van der Waals surface area contributed by atoms with E-state index in [4.69, 9.17) is 0 Å². The summed E-state index contributed by atoms with van der Waals surface area (Å²) < 4.78 is 37.9. The van der Waals surface area contributed by atoms with Gasteiger partial charge in [0, 0.05) is 19.3 Å². The summed E-state index contributed by atoms with van der Waals surface area (Å²) >= 11 is 0. The zero-order valence-electron chi connectivity index (χ0n) is 10.3. The van der Waals surface area contributed by atoms with Gasteiger partial charge in [-0.3, -0.25) is 0 Å². The highest BCUT2D eigenvalue weighted by Gasteiger charge is 2.36. The largest absolute Gasteiger partial charge is 0.433 e. The van der Waals surface area contributed by atoms with Gasteiger partial charge in [-0.05, 0) is 30.7 Å². The maximum atomic E-state index is 12.6. The van der Waals surface area contributed by atoms with Gasteiger partial charge in [0.05, 0.1) is 0 Å². The van der Waals surface area contributed by atoms with E-state index in [0.717, 1.165) is 32.0 Å². The van der Waals surface area contributed by atoms with Gasteiger partial charge in [-0.1, -0.05) is 12.2 Å². The van der Waals surface area contributed by atoms with Crippen molar-refractivity contribution in [3.05, 3.63) is 30.1 Å². The number of alkyl halides is 3. The van der Waals surface area contributed by atoms with Gasteiger partial charge in [-0.25, -0.2) is 9.97 Å². The zero-order valence-corrected chi connectivity index (χ0v) is 10.3. The van der Waals surface area contributed by atoms with E-state index in [1.807, 2.05) is 4.90 Å². The minimum absolute atomic E-state index is 0.198. The van der Waals surface area contributed by atoms with Gasteiger partial charge in [0.2, 0.25) is 5.95 Å². The maximum absolute atomic E-state index is 12.6. The molecule has 3 rings (SSSR count). The van der Waals surface area contributed by atoms with Crippen molar-refractivity contribution in [2.45, 2.75) is 19.0 Å². The first kappa shape index (κ1) is 12.4. The molecule has 0 amide bonds. The Morgan fingerprint density at radius 2 is 1.74 bits per heavy atom. The molecule has 0 saturated carbocycles. The Balaban J connectivity index is 1.80. The van der Waals surface area contributed by atoms with Crippen LogP contribution in [0.5, 0.6) is 0 Å². The number of allylic oxidation sites excluding steroid dienone is 2. The molecule has 1 aliphatic heterocycles. The molecule has 1 aliphatic carbocycles. The van der Waals surface area contributed by atoms with Crippen molar-refractivity contribution in [2.24, 2.45) is 11.8 Å². The van der Waals surface area contributed by atoms with Crippen molar-refractivity contribution in [1.29, 1.82) is 0 Å². The Kier molecular flexibility index (Phi) is 2.95. The summed E-state index contributed by atoms with van der Waals surface area (Å²) in [6, 6.07) is 0.911. The van der Waals surface area contributed by atoms with E-state index in [9.17, 15) is 13.2 Å². The number of anilines is 1. The van der Waals surface area contributed by atoms with Gasteiger partial charge in [0.1, 0.15) is 5.69 Å². The highest BCUT2D eigenvalue weighted by molar-refractivity contribution is 5.34. The Hall–Kier alpha value is -1.59. The molecule has 2 aliphatic rings. The fraction of sp³-hybridized carbons (Fsp3) is 0.538. The molecule has 0 radical (unpaired) electrons. The Bertz CT molecular complexity index is 482. The van der Waals surface area contributed by atoms with Crippen LogP contribution in [0.25, 0.3) is 0 Å². The molecule has 0 bridgehead atoms. The molecule has 0 N–H and O–H groups in total. The molecule has 1 aromatic heterocycles. The van der Waals surface area contributed by atoms with E-state index >= 15 is 0 Å². The molecule has 1 fully saturated rings. The van der Waals surface area contributed by atoms with Crippen LogP contribution >= 0.6 is 0 Å². The molecule has 1 aromatic rings. The number of hydrogen-bond donors (Lipinski definition) is 0. The summed E-state index contributed by atoms with van der Waals surface area (Å²) in [5.74, 6) is 1.23. The van der Waals surface area contributed by atoms with Crippen molar-refractivity contribution in [2.75, 3.05) is 18.0 Å². The number of hydrogen-bond acceptors (Lipinski definition) is 3.